The van der Waals surface area contributed by atoms with Gasteiger partial charge in [0.15, 0.2) is 0 Å². The number of rotatable bonds is 3. The number of aliphatic hydroxyl groups excluding tert-OH is 1. The van der Waals surface area contributed by atoms with Crippen LogP contribution in [0, 0.1) is 6.92 Å². The highest BCUT2D eigenvalue weighted by Crippen LogP contribution is 2.30. The molecule has 0 saturated carbocycles. The van der Waals surface area contributed by atoms with Crippen molar-refractivity contribution in [3.05, 3.63) is 29.3 Å². The molecule has 3 heteroatoms. The van der Waals surface area contributed by atoms with E-state index in [1.165, 1.54) is 16.8 Å². The molecule has 2 rings (SSSR count). The Morgan fingerprint density at radius 1 is 1.32 bits per heavy atom. The fourth-order valence-electron chi connectivity index (χ4n) is 3.03. The molecule has 0 spiro atoms. The third kappa shape index (κ3) is 2.77. The molecule has 2 unspecified atom stereocenters. The van der Waals surface area contributed by atoms with E-state index >= 15 is 0 Å². The van der Waals surface area contributed by atoms with Crippen molar-refractivity contribution >= 4 is 5.69 Å². The lowest BCUT2D eigenvalue weighted by molar-refractivity contribution is 0.155. The van der Waals surface area contributed by atoms with Crippen LogP contribution in [-0.4, -0.2) is 48.8 Å². The third-order valence-electron chi connectivity index (χ3n) is 4.35. The highest BCUT2D eigenvalue weighted by molar-refractivity contribution is 5.60. The van der Waals surface area contributed by atoms with Crippen LogP contribution >= 0.6 is 0 Å². The zero-order valence-electron chi connectivity index (χ0n) is 12.6. The first kappa shape index (κ1) is 14.4. The summed E-state index contributed by atoms with van der Waals surface area (Å²) >= 11 is 0. The van der Waals surface area contributed by atoms with Crippen molar-refractivity contribution in [1.82, 2.24) is 4.90 Å². The quantitative estimate of drug-likeness (QED) is 0.903. The summed E-state index contributed by atoms with van der Waals surface area (Å²) in [7, 11) is 2.14. The van der Waals surface area contributed by atoms with Crippen molar-refractivity contribution < 1.29 is 5.11 Å². The van der Waals surface area contributed by atoms with Crippen molar-refractivity contribution in [3.63, 3.8) is 0 Å². The fourth-order valence-corrected chi connectivity index (χ4v) is 3.03. The molecular weight excluding hydrogens is 236 g/mol. The molecule has 1 fully saturated rings. The van der Waals surface area contributed by atoms with Gasteiger partial charge in [0.1, 0.15) is 0 Å². The SMILES string of the molecule is CCc1cccc(C)c1N1CC(C)N(C)CC1CO. The summed E-state index contributed by atoms with van der Waals surface area (Å²) in [5.41, 5.74) is 4.04. The van der Waals surface area contributed by atoms with Gasteiger partial charge in [0.2, 0.25) is 0 Å². The molecule has 0 radical (unpaired) electrons. The number of benzene rings is 1. The van der Waals surface area contributed by atoms with E-state index in [0.717, 1.165) is 19.5 Å². The highest BCUT2D eigenvalue weighted by Gasteiger charge is 2.30. The van der Waals surface area contributed by atoms with Crippen LogP contribution in [0.4, 0.5) is 5.69 Å². The molecule has 1 N–H and O–H groups in total. The number of hydrogen-bond acceptors (Lipinski definition) is 3. The lowest BCUT2D eigenvalue weighted by Crippen LogP contribution is -2.57. The predicted octanol–water partition coefficient (Wildman–Crippen LogP) is 2.06. The van der Waals surface area contributed by atoms with Crippen LogP contribution in [0.25, 0.3) is 0 Å². The Hall–Kier alpha value is -1.06. The van der Waals surface area contributed by atoms with Gasteiger partial charge >= 0.3 is 0 Å². The largest absolute Gasteiger partial charge is 0.394 e. The second-order valence-corrected chi connectivity index (χ2v) is 5.71. The maximum Gasteiger partial charge on any atom is 0.0648 e. The van der Waals surface area contributed by atoms with Crippen LogP contribution in [0.2, 0.25) is 0 Å². The molecule has 3 nitrogen and oxygen atoms in total. The molecule has 1 aliphatic heterocycles. The van der Waals surface area contributed by atoms with Crippen molar-refractivity contribution in [2.75, 3.05) is 31.6 Å². The molecule has 1 saturated heterocycles. The normalized spacial score (nSPS) is 24.8. The zero-order chi connectivity index (χ0) is 14.0. The summed E-state index contributed by atoms with van der Waals surface area (Å²) in [5.74, 6) is 0. The van der Waals surface area contributed by atoms with E-state index in [-0.39, 0.29) is 12.6 Å². The highest BCUT2D eigenvalue weighted by atomic mass is 16.3. The summed E-state index contributed by atoms with van der Waals surface area (Å²) in [4.78, 5) is 4.75. The Morgan fingerprint density at radius 2 is 2.05 bits per heavy atom. The Labute approximate surface area is 116 Å². The van der Waals surface area contributed by atoms with Gasteiger partial charge in [-0.15, -0.1) is 0 Å². The minimum atomic E-state index is 0.201. The topological polar surface area (TPSA) is 26.7 Å². The van der Waals surface area contributed by atoms with E-state index in [2.05, 4.69) is 55.8 Å². The van der Waals surface area contributed by atoms with Gasteiger partial charge in [-0.3, -0.25) is 4.90 Å². The van der Waals surface area contributed by atoms with Gasteiger partial charge in [-0.25, -0.2) is 0 Å². The zero-order valence-corrected chi connectivity index (χ0v) is 12.6. The number of anilines is 1. The van der Waals surface area contributed by atoms with E-state index in [0.29, 0.717) is 6.04 Å². The van der Waals surface area contributed by atoms with Crippen molar-refractivity contribution in [1.29, 1.82) is 0 Å². The minimum Gasteiger partial charge on any atom is -0.394 e. The lowest BCUT2D eigenvalue weighted by Gasteiger charge is -2.45. The van der Waals surface area contributed by atoms with Crippen molar-refractivity contribution in [2.45, 2.75) is 39.3 Å². The molecule has 1 aromatic rings. The summed E-state index contributed by atoms with van der Waals surface area (Å²) in [5, 5.41) is 9.71. The smallest absolute Gasteiger partial charge is 0.0648 e. The Bertz CT molecular complexity index is 433. The number of nitrogens with zero attached hydrogens (tertiary/aromatic N) is 2. The number of piperazine rings is 1. The molecule has 19 heavy (non-hydrogen) atoms. The average molecular weight is 262 g/mol. The van der Waals surface area contributed by atoms with Gasteiger partial charge in [0.05, 0.1) is 12.6 Å². The minimum absolute atomic E-state index is 0.201. The summed E-state index contributed by atoms with van der Waals surface area (Å²) in [6.07, 6.45) is 1.04. The summed E-state index contributed by atoms with van der Waals surface area (Å²) < 4.78 is 0. The fraction of sp³-hybridized carbons (Fsp3) is 0.625. The maximum absolute atomic E-state index is 9.71. The second-order valence-electron chi connectivity index (χ2n) is 5.71. The van der Waals surface area contributed by atoms with Crippen molar-refractivity contribution in [2.24, 2.45) is 0 Å². The molecule has 1 aliphatic rings. The molecule has 1 aromatic carbocycles. The van der Waals surface area contributed by atoms with Crippen LogP contribution in [-0.2, 0) is 6.42 Å². The predicted molar refractivity (Wildman–Crippen MR) is 80.9 cm³/mol. The Balaban J connectivity index is 2.38. The lowest BCUT2D eigenvalue weighted by atomic mass is 10.00. The maximum atomic E-state index is 9.71. The van der Waals surface area contributed by atoms with Gasteiger partial charge < -0.3 is 10.0 Å². The molecule has 0 aromatic heterocycles. The first-order valence-electron chi connectivity index (χ1n) is 7.24. The monoisotopic (exact) mass is 262 g/mol. The van der Waals surface area contributed by atoms with E-state index in [9.17, 15) is 5.11 Å². The first-order chi connectivity index (χ1) is 9.08. The molecule has 0 amide bonds. The third-order valence-corrected chi connectivity index (χ3v) is 4.35. The van der Waals surface area contributed by atoms with Gasteiger partial charge in [-0.1, -0.05) is 25.1 Å². The van der Waals surface area contributed by atoms with Crippen LogP contribution < -0.4 is 4.90 Å². The van der Waals surface area contributed by atoms with E-state index in [1.54, 1.807) is 0 Å². The van der Waals surface area contributed by atoms with Crippen LogP contribution in [0.1, 0.15) is 25.0 Å². The van der Waals surface area contributed by atoms with Gasteiger partial charge in [-0.2, -0.15) is 0 Å². The number of likely N-dealkylation sites (N-methyl/N-ethyl adjacent to an activating group) is 1. The second kappa shape index (κ2) is 5.93. The van der Waals surface area contributed by atoms with Crippen molar-refractivity contribution in [3.8, 4) is 0 Å². The molecule has 2 atom stereocenters. The van der Waals surface area contributed by atoms with Crippen LogP contribution in [0.3, 0.4) is 0 Å². The number of hydrogen-bond donors (Lipinski definition) is 1. The van der Waals surface area contributed by atoms with Crippen LogP contribution in [0.5, 0.6) is 0 Å². The van der Waals surface area contributed by atoms with Gasteiger partial charge in [0.25, 0.3) is 0 Å². The van der Waals surface area contributed by atoms with E-state index < -0.39 is 0 Å². The number of aryl methyl sites for hydroxylation is 2. The summed E-state index contributed by atoms with van der Waals surface area (Å²) in [6, 6.07) is 7.23. The Kier molecular flexibility index (Phi) is 4.48. The van der Waals surface area contributed by atoms with Gasteiger partial charge in [0, 0.05) is 24.8 Å². The molecular formula is C16H26N2O. The molecule has 1 heterocycles. The van der Waals surface area contributed by atoms with E-state index in [4.69, 9.17) is 0 Å². The average Bonchev–Trinajstić information content (AvgIpc) is 2.41. The van der Waals surface area contributed by atoms with Crippen LogP contribution in [0.15, 0.2) is 18.2 Å². The number of para-hydroxylation sites is 1. The Morgan fingerprint density at radius 3 is 2.68 bits per heavy atom. The first-order valence-corrected chi connectivity index (χ1v) is 7.24. The summed E-state index contributed by atoms with van der Waals surface area (Å²) in [6.45, 7) is 8.76. The molecule has 0 aliphatic carbocycles. The molecule has 0 bridgehead atoms. The van der Waals surface area contributed by atoms with E-state index in [1.807, 2.05) is 0 Å². The number of aliphatic hydroxyl groups is 1. The standard InChI is InChI=1S/C16H26N2O/c1-5-14-8-6-7-12(2)16(14)18-9-13(3)17(4)10-15(18)11-19/h6-8,13,15,19H,5,9-11H2,1-4H3. The van der Waals surface area contributed by atoms with Gasteiger partial charge in [-0.05, 0) is 38.4 Å². The molecule has 106 valence electrons.